The van der Waals surface area contributed by atoms with E-state index in [1.54, 1.807) is 44.2 Å². The highest BCUT2D eigenvalue weighted by atomic mass is 19.1. The van der Waals surface area contributed by atoms with Crippen molar-refractivity contribution in [3.8, 4) is 0 Å². The van der Waals surface area contributed by atoms with E-state index in [1.807, 2.05) is 0 Å². The van der Waals surface area contributed by atoms with Crippen molar-refractivity contribution >= 4 is 34.6 Å². The minimum Gasteiger partial charge on any atom is -0.395 e. The van der Waals surface area contributed by atoms with Gasteiger partial charge in [0, 0.05) is 17.0 Å². The molecule has 0 saturated heterocycles. The molecule has 0 atom stereocenters. The van der Waals surface area contributed by atoms with E-state index in [1.165, 1.54) is 18.2 Å². The first kappa shape index (κ1) is 18.7. The van der Waals surface area contributed by atoms with Crippen LogP contribution in [0.25, 0.3) is 23.1 Å². The van der Waals surface area contributed by atoms with Gasteiger partial charge < -0.3 is 10.4 Å². The van der Waals surface area contributed by atoms with Crippen LogP contribution in [0.4, 0.5) is 14.5 Å². The topological polar surface area (TPSA) is 78.0 Å². The summed E-state index contributed by atoms with van der Waals surface area (Å²) in [4.78, 5) is 12.2. The summed E-state index contributed by atoms with van der Waals surface area (Å²) < 4.78 is 28.0. The predicted octanol–water partition coefficient (Wildman–Crippen LogP) is 3.97. The Morgan fingerprint density at radius 3 is 2.67 bits per heavy atom. The van der Waals surface area contributed by atoms with Gasteiger partial charge in [0.15, 0.2) is 0 Å². The van der Waals surface area contributed by atoms with Crippen molar-refractivity contribution in [2.24, 2.45) is 5.41 Å². The zero-order valence-corrected chi connectivity index (χ0v) is 14.9. The lowest BCUT2D eigenvalue weighted by molar-refractivity contribution is -0.125. The van der Waals surface area contributed by atoms with Crippen molar-refractivity contribution in [1.29, 1.82) is 0 Å². The number of benzene rings is 2. The number of hydrogen-bond donors (Lipinski definition) is 3. The van der Waals surface area contributed by atoms with Gasteiger partial charge in [-0.1, -0.05) is 18.2 Å². The molecule has 1 amide bonds. The van der Waals surface area contributed by atoms with Gasteiger partial charge in [-0.05, 0) is 38.1 Å². The number of aliphatic hydroxyl groups excluding tert-OH is 1. The summed E-state index contributed by atoms with van der Waals surface area (Å²) in [6.07, 6.45) is 3.18. The van der Waals surface area contributed by atoms with Gasteiger partial charge in [0.25, 0.3) is 0 Å². The van der Waals surface area contributed by atoms with Crippen molar-refractivity contribution < 1.29 is 18.7 Å². The van der Waals surface area contributed by atoms with Gasteiger partial charge in [-0.3, -0.25) is 9.89 Å². The molecule has 0 aliphatic rings. The van der Waals surface area contributed by atoms with Crippen molar-refractivity contribution in [2.45, 2.75) is 13.8 Å². The van der Waals surface area contributed by atoms with Crippen LogP contribution in [-0.2, 0) is 4.79 Å². The minimum atomic E-state index is -1.05. The van der Waals surface area contributed by atoms with E-state index in [9.17, 15) is 18.7 Å². The zero-order chi connectivity index (χ0) is 19.6. The van der Waals surface area contributed by atoms with Crippen molar-refractivity contribution in [3.63, 3.8) is 0 Å². The third-order valence-corrected chi connectivity index (χ3v) is 4.26. The molecule has 0 aliphatic heterocycles. The van der Waals surface area contributed by atoms with Crippen molar-refractivity contribution in [3.05, 3.63) is 59.3 Å². The van der Waals surface area contributed by atoms with Crippen LogP contribution < -0.4 is 5.32 Å². The fourth-order valence-corrected chi connectivity index (χ4v) is 2.42. The fraction of sp³-hybridized carbons (Fsp3) is 0.200. The number of nitrogens with one attached hydrogen (secondary N) is 2. The van der Waals surface area contributed by atoms with Gasteiger partial charge in [0.05, 0.1) is 28.9 Å². The number of carbonyl (C=O) groups is 1. The summed E-state index contributed by atoms with van der Waals surface area (Å²) >= 11 is 0. The second-order valence-electron chi connectivity index (χ2n) is 6.84. The molecule has 0 saturated carbocycles. The summed E-state index contributed by atoms with van der Waals surface area (Å²) in [6.45, 7) is 2.74. The van der Waals surface area contributed by atoms with E-state index in [-0.39, 0.29) is 18.1 Å². The first-order valence-electron chi connectivity index (χ1n) is 8.34. The Bertz CT molecular complexity index is 1030. The first-order chi connectivity index (χ1) is 12.8. The average Bonchev–Trinajstić information content (AvgIpc) is 3.03. The molecule has 0 spiro atoms. The lowest BCUT2D eigenvalue weighted by Crippen LogP contribution is -2.34. The quantitative estimate of drug-likeness (QED) is 0.635. The Labute approximate surface area is 154 Å². The molecule has 2 aromatic carbocycles. The second-order valence-corrected chi connectivity index (χ2v) is 6.84. The average molecular weight is 371 g/mol. The van der Waals surface area contributed by atoms with Crippen molar-refractivity contribution in [1.82, 2.24) is 10.2 Å². The number of aromatic nitrogens is 2. The van der Waals surface area contributed by atoms with Gasteiger partial charge in [0.1, 0.15) is 11.6 Å². The summed E-state index contributed by atoms with van der Waals surface area (Å²) in [5, 5.41) is 19.2. The number of halogens is 2. The Kier molecular flexibility index (Phi) is 5.05. The second kappa shape index (κ2) is 7.28. The number of nitrogens with zero attached hydrogens (tertiary/aromatic N) is 1. The predicted molar refractivity (Wildman–Crippen MR) is 101 cm³/mol. The lowest BCUT2D eigenvalue weighted by atomic mass is 9.93. The molecule has 0 fully saturated rings. The Balaban J connectivity index is 1.95. The highest BCUT2D eigenvalue weighted by molar-refractivity contribution is 5.98. The number of aliphatic hydroxyl groups is 1. The summed E-state index contributed by atoms with van der Waals surface area (Å²) in [7, 11) is 0. The van der Waals surface area contributed by atoms with Crippen LogP contribution in [0.15, 0.2) is 36.4 Å². The van der Waals surface area contributed by atoms with Crippen LogP contribution >= 0.6 is 0 Å². The number of fused-ring (bicyclic) bond motifs is 1. The van der Waals surface area contributed by atoms with Gasteiger partial charge in [-0.15, -0.1) is 0 Å². The molecule has 27 heavy (non-hydrogen) atoms. The van der Waals surface area contributed by atoms with Crippen LogP contribution in [0.1, 0.15) is 25.1 Å². The van der Waals surface area contributed by atoms with Crippen LogP contribution in [-0.4, -0.2) is 27.8 Å². The van der Waals surface area contributed by atoms with Crippen LogP contribution in [0.5, 0.6) is 0 Å². The fourth-order valence-electron chi connectivity index (χ4n) is 2.42. The van der Waals surface area contributed by atoms with Gasteiger partial charge in [-0.25, -0.2) is 8.78 Å². The third-order valence-electron chi connectivity index (χ3n) is 4.26. The maximum atomic E-state index is 14.3. The summed E-state index contributed by atoms with van der Waals surface area (Å²) in [6, 6.07) is 8.99. The number of amides is 1. The normalized spacial score (nSPS) is 12.0. The number of aromatic amines is 1. The molecule has 1 heterocycles. The van der Waals surface area contributed by atoms with E-state index < -0.39 is 17.1 Å². The zero-order valence-electron chi connectivity index (χ0n) is 14.9. The maximum absolute atomic E-state index is 14.3. The van der Waals surface area contributed by atoms with E-state index in [0.29, 0.717) is 22.2 Å². The number of H-pyrrole nitrogens is 1. The maximum Gasteiger partial charge on any atom is 0.232 e. The van der Waals surface area contributed by atoms with E-state index in [2.05, 4.69) is 15.5 Å². The summed E-state index contributed by atoms with van der Waals surface area (Å²) in [5.41, 5.74) is 0.251. The van der Waals surface area contributed by atoms with Crippen LogP contribution in [0.3, 0.4) is 0 Å². The monoisotopic (exact) mass is 371 g/mol. The van der Waals surface area contributed by atoms with Gasteiger partial charge in [0.2, 0.25) is 5.91 Å². The Hall–Kier alpha value is -3.06. The molecule has 0 radical (unpaired) electrons. The van der Waals surface area contributed by atoms with Crippen LogP contribution in [0, 0.1) is 17.0 Å². The molecular weight excluding hydrogens is 352 g/mol. The molecule has 0 bridgehead atoms. The first-order valence-corrected chi connectivity index (χ1v) is 8.34. The van der Waals surface area contributed by atoms with Crippen molar-refractivity contribution in [2.75, 3.05) is 11.9 Å². The molecular formula is C20H19F2N3O2. The Morgan fingerprint density at radius 1 is 1.22 bits per heavy atom. The lowest BCUT2D eigenvalue weighted by Gasteiger charge is -2.20. The van der Waals surface area contributed by atoms with Gasteiger partial charge >= 0.3 is 0 Å². The summed E-state index contributed by atoms with van der Waals surface area (Å²) in [5.74, 6) is -1.49. The smallest absolute Gasteiger partial charge is 0.232 e. The standard InChI is InChI=1S/C20H19F2N3O2/c1-20(2,11-26)19(27)23-18-9-13-16(24-25-17(13)10-15(18)22)8-7-12-5-3-4-6-14(12)21/h3-10,26H,11H2,1-2H3,(H,23,27)(H,24,25)/b8-7+. The van der Waals surface area contributed by atoms with E-state index in [4.69, 9.17) is 0 Å². The minimum absolute atomic E-state index is 0.0176. The molecule has 3 rings (SSSR count). The third kappa shape index (κ3) is 3.88. The van der Waals surface area contributed by atoms with Gasteiger partial charge in [-0.2, -0.15) is 5.10 Å². The SMILES string of the molecule is CC(C)(CO)C(=O)Nc1cc2c(/C=C/c3ccccc3F)n[nH]c2cc1F. The van der Waals surface area contributed by atoms with Crippen LogP contribution in [0.2, 0.25) is 0 Å². The number of rotatable bonds is 5. The molecule has 3 aromatic rings. The van der Waals surface area contributed by atoms with E-state index in [0.717, 1.165) is 0 Å². The molecule has 0 aliphatic carbocycles. The molecule has 7 heteroatoms. The van der Waals surface area contributed by atoms with E-state index >= 15 is 0 Å². The highest BCUT2D eigenvalue weighted by Gasteiger charge is 2.27. The largest absolute Gasteiger partial charge is 0.395 e. The molecule has 1 aromatic heterocycles. The highest BCUT2D eigenvalue weighted by Crippen LogP contribution is 2.27. The Morgan fingerprint density at radius 2 is 1.96 bits per heavy atom. The molecule has 140 valence electrons. The molecule has 0 unspecified atom stereocenters. The number of carbonyl (C=O) groups excluding carboxylic acids is 1. The number of anilines is 1. The number of hydrogen-bond acceptors (Lipinski definition) is 3. The molecule has 5 nitrogen and oxygen atoms in total. The molecule has 3 N–H and O–H groups in total.